The zero-order chi connectivity index (χ0) is 16.7. The van der Waals surface area contributed by atoms with Gasteiger partial charge in [0.05, 0.1) is 6.10 Å². The van der Waals surface area contributed by atoms with Crippen LogP contribution in [0.1, 0.15) is 71.6 Å². The topological polar surface area (TPSA) is 29.5 Å². The molecule has 5 atom stereocenters. The summed E-state index contributed by atoms with van der Waals surface area (Å²) >= 11 is 0. The van der Waals surface area contributed by atoms with Crippen LogP contribution >= 0.6 is 0 Å². The zero-order valence-corrected chi connectivity index (χ0v) is 15.5. The molecule has 0 aromatic carbocycles. The maximum absolute atomic E-state index is 10.0. The molecular weight excluding hydrogens is 296 g/mol. The summed E-state index contributed by atoms with van der Waals surface area (Å²) in [5.41, 5.74) is 5.45. The molecule has 0 bridgehead atoms. The highest BCUT2D eigenvalue weighted by Gasteiger charge is 2.52. The predicted octanol–water partition coefficient (Wildman–Crippen LogP) is 5.03. The van der Waals surface area contributed by atoms with E-state index in [1.54, 1.807) is 16.7 Å². The molecule has 4 aliphatic rings. The molecule has 134 valence electrons. The first-order valence-electron chi connectivity index (χ1n) is 10.3. The van der Waals surface area contributed by atoms with Crippen LogP contribution in [0, 0.1) is 23.2 Å². The highest BCUT2D eigenvalue weighted by atomic mass is 16.5. The van der Waals surface area contributed by atoms with Gasteiger partial charge in [-0.25, -0.2) is 0 Å². The fraction of sp³-hybridized carbons (Fsp3) is 0.818. The van der Waals surface area contributed by atoms with Gasteiger partial charge < -0.3 is 9.84 Å². The van der Waals surface area contributed by atoms with Gasteiger partial charge in [-0.15, -0.1) is 0 Å². The van der Waals surface area contributed by atoms with Crippen LogP contribution in [-0.2, 0) is 4.74 Å². The van der Waals surface area contributed by atoms with E-state index in [0.29, 0.717) is 5.41 Å². The Morgan fingerprint density at radius 2 is 2.08 bits per heavy atom. The molecule has 1 fully saturated rings. The first-order valence-corrected chi connectivity index (χ1v) is 10.3. The summed E-state index contributed by atoms with van der Waals surface area (Å²) in [5.74, 6) is 2.52. The van der Waals surface area contributed by atoms with E-state index < -0.39 is 0 Å². The van der Waals surface area contributed by atoms with E-state index in [-0.39, 0.29) is 6.10 Å². The first kappa shape index (κ1) is 16.8. The number of hydrogen-bond donors (Lipinski definition) is 1. The number of ether oxygens (including phenoxy) is 1. The van der Waals surface area contributed by atoms with Crippen LogP contribution in [0.2, 0.25) is 0 Å². The molecule has 0 spiro atoms. The third kappa shape index (κ3) is 2.70. The minimum atomic E-state index is -0.0795. The molecule has 2 nitrogen and oxygen atoms in total. The molecule has 0 heterocycles. The second-order valence-electron chi connectivity index (χ2n) is 8.86. The fourth-order valence-electron chi connectivity index (χ4n) is 6.50. The Morgan fingerprint density at radius 1 is 1.21 bits per heavy atom. The third-order valence-electron chi connectivity index (χ3n) is 7.81. The molecule has 0 saturated heterocycles. The van der Waals surface area contributed by atoms with E-state index in [9.17, 15) is 5.11 Å². The van der Waals surface area contributed by atoms with Gasteiger partial charge in [0.25, 0.3) is 0 Å². The number of allylic oxidation sites excluding steroid dienone is 3. The Bertz CT molecular complexity index is 546. The molecular formula is C22H34O2. The van der Waals surface area contributed by atoms with Gasteiger partial charge in [0.15, 0.2) is 0 Å². The molecule has 0 aromatic heterocycles. The standard InChI is InChI=1S/C22H34O2/c1-3-24-13-11-16-5-9-21-20-7-4-15-14-17(23)6-8-18(15)19(20)10-12-22(16,21)2/h10,16-17,20-21,23H,3-9,11-14H2,1-2H3/t16-,17?,20-,21+,22-/m1/s1. The van der Waals surface area contributed by atoms with Crippen LogP contribution in [0.25, 0.3) is 0 Å². The van der Waals surface area contributed by atoms with Crippen LogP contribution < -0.4 is 0 Å². The van der Waals surface area contributed by atoms with Gasteiger partial charge >= 0.3 is 0 Å². The predicted molar refractivity (Wildman–Crippen MR) is 97.7 cm³/mol. The lowest BCUT2D eigenvalue weighted by molar-refractivity contribution is 0.0681. The van der Waals surface area contributed by atoms with Crippen molar-refractivity contribution in [3.8, 4) is 0 Å². The molecule has 1 unspecified atom stereocenters. The summed E-state index contributed by atoms with van der Waals surface area (Å²) in [5, 5.41) is 10.0. The van der Waals surface area contributed by atoms with Crippen molar-refractivity contribution in [2.24, 2.45) is 23.2 Å². The van der Waals surface area contributed by atoms with Crippen LogP contribution in [0.15, 0.2) is 22.8 Å². The summed E-state index contributed by atoms with van der Waals surface area (Å²) < 4.78 is 5.66. The largest absolute Gasteiger partial charge is 0.393 e. The highest BCUT2D eigenvalue weighted by Crippen LogP contribution is 2.61. The van der Waals surface area contributed by atoms with Crippen molar-refractivity contribution in [1.29, 1.82) is 0 Å². The molecule has 0 aromatic rings. The summed E-state index contributed by atoms with van der Waals surface area (Å²) in [7, 11) is 0. The Hall–Kier alpha value is -0.600. The van der Waals surface area contributed by atoms with Crippen LogP contribution in [0.5, 0.6) is 0 Å². The Balaban J connectivity index is 1.56. The SMILES string of the molecule is CCOCC[C@H]1CC[C@H]2[C@@H]3CCC4=C(CCC(O)C4)C3=CC[C@]12C. The third-order valence-corrected chi connectivity index (χ3v) is 7.81. The number of rotatable bonds is 4. The summed E-state index contributed by atoms with van der Waals surface area (Å²) in [6.45, 7) is 6.46. The molecule has 2 heteroatoms. The van der Waals surface area contributed by atoms with Crippen LogP contribution in [-0.4, -0.2) is 24.4 Å². The molecule has 1 saturated carbocycles. The molecule has 4 aliphatic carbocycles. The van der Waals surface area contributed by atoms with Crippen molar-refractivity contribution in [1.82, 2.24) is 0 Å². The second kappa shape index (κ2) is 6.61. The van der Waals surface area contributed by atoms with E-state index in [2.05, 4.69) is 19.9 Å². The van der Waals surface area contributed by atoms with Gasteiger partial charge in [0, 0.05) is 13.2 Å². The van der Waals surface area contributed by atoms with Crippen molar-refractivity contribution in [2.45, 2.75) is 77.7 Å². The second-order valence-corrected chi connectivity index (χ2v) is 8.86. The van der Waals surface area contributed by atoms with E-state index in [1.807, 2.05) is 0 Å². The highest BCUT2D eigenvalue weighted by molar-refractivity contribution is 5.44. The molecule has 4 rings (SSSR count). The Morgan fingerprint density at radius 3 is 2.92 bits per heavy atom. The molecule has 0 amide bonds. The number of hydrogen-bond acceptors (Lipinski definition) is 2. The summed E-state index contributed by atoms with van der Waals surface area (Å²) in [6, 6.07) is 0. The van der Waals surface area contributed by atoms with Crippen LogP contribution in [0.3, 0.4) is 0 Å². The molecule has 0 radical (unpaired) electrons. The summed E-state index contributed by atoms with van der Waals surface area (Å²) in [4.78, 5) is 0. The fourth-order valence-corrected chi connectivity index (χ4v) is 6.50. The van der Waals surface area contributed by atoms with Gasteiger partial charge in [0.2, 0.25) is 0 Å². The van der Waals surface area contributed by atoms with Crippen LogP contribution in [0.4, 0.5) is 0 Å². The maximum Gasteiger partial charge on any atom is 0.0580 e. The quantitative estimate of drug-likeness (QED) is 0.733. The van der Waals surface area contributed by atoms with E-state index in [4.69, 9.17) is 4.74 Å². The van der Waals surface area contributed by atoms with Gasteiger partial charge in [-0.05, 0) is 99.0 Å². The average molecular weight is 331 g/mol. The van der Waals surface area contributed by atoms with Crippen molar-refractivity contribution < 1.29 is 9.84 Å². The van der Waals surface area contributed by atoms with Gasteiger partial charge in [-0.1, -0.05) is 18.6 Å². The Labute approximate surface area is 147 Å². The lowest BCUT2D eigenvalue weighted by Crippen LogP contribution is -2.39. The zero-order valence-electron chi connectivity index (χ0n) is 15.5. The monoisotopic (exact) mass is 330 g/mol. The minimum Gasteiger partial charge on any atom is -0.393 e. The Kier molecular flexibility index (Phi) is 4.64. The average Bonchev–Trinajstić information content (AvgIpc) is 2.91. The first-order chi connectivity index (χ1) is 11.6. The minimum absolute atomic E-state index is 0.0795. The number of aliphatic hydroxyl groups is 1. The molecule has 1 N–H and O–H groups in total. The van der Waals surface area contributed by atoms with Crippen molar-refractivity contribution in [2.75, 3.05) is 13.2 Å². The van der Waals surface area contributed by atoms with E-state index in [0.717, 1.165) is 50.2 Å². The van der Waals surface area contributed by atoms with Crippen molar-refractivity contribution >= 4 is 0 Å². The lowest BCUT2D eigenvalue weighted by Gasteiger charge is -2.48. The van der Waals surface area contributed by atoms with Crippen molar-refractivity contribution in [3.63, 3.8) is 0 Å². The number of fused-ring (bicyclic) bond motifs is 4. The molecule has 0 aliphatic heterocycles. The van der Waals surface area contributed by atoms with E-state index >= 15 is 0 Å². The summed E-state index contributed by atoms with van der Waals surface area (Å²) in [6.07, 6.45) is 13.5. The lowest BCUT2D eigenvalue weighted by atomic mass is 9.57. The van der Waals surface area contributed by atoms with E-state index in [1.165, 1.54) is 38.5 Å². The van der Waals surface area contributed by atoms with Gasteiger partial charge in [-0.3, -0.25) is 0 Å². The van der Waals surface area contributed by atoms with Gasteiger partial charge in [0.1, 0.15) is 0 Å². The smallest absolute Gasteiger partial charge is 0.0580 e. The number of aliphatic hydroxyl groups excluding tert-OH is 1. The normalized spacial score (nSPS) is 41.5. The maximum atomic E-state index is 10.0. The van der Waals surface area contributed by atoms with Gasteiger partial charge in [-0.2, -0.15) is 0 Å². The molecule has 24 heavy (non-hydrogen) atoms. The van der Waals surface area contributed by atoms with Crippen molar-refractivity contribution in [3.05, 3.63) is 22.8 Å².